The van der Waals surface area contributed by atoms with Gasteiger partial charge in [0.2, 0.25) is 0 Å². The van der Waals surface area contributed by atoms with Crippen LogP contribution < -0.4 is 5.32 Å². The molecule has 1 rings (SSSR count). The SMILES string of the molecule is CCOC(=O)[C@@H]1NCS[C@H]1C.Cl. The highest BCUT2D eigenvalue weighted by Crippen LogP contribution is 2.20. The third-order valence-corrected chi connectivity index (χ3v) is 2.79. The summed E-state index contributed by atoms with van der Waals surface area (Å²) in [5.74, 6) is 0.731. The van der Waals surface area contributed by atoms with E-state index in [-0.39, 0.29) is 24.4 Å². The first-order chi connectivity index (χ1) is 5.25. The molecule has 0 spiro atoms. The van der Waals surface area contributed by atoms with E-state index in [0.717, 1.165) is 5.88 Å². The average molecular weight is 212 g/mol. The van der Waals surface area contributed by atoms with Crippen molar-refractivity contribution in [3.05, 3.63) is 0 Å². The standard InChI is InChI=1S/C7H13NO2S.ClH/c1-3-10-7(9)6-5(2)11-4-8-6;/h5-6,8H,3-4H2,1-2H3;1H/t5-,6+;/m0./s1. The Kier molecular flexibility index (Phi) is 5.70. The largest absolute Gasteiger partial charge is 0.465 e. The van der Waals surface area contributed by atoms with Crippen LogP contribution in [0, 0.1) is 0 Å². The lowest BCUT2D eigenvalue weighted by molar-refractivity contribution is -0.145. The predicted octanol–water partition coefficient (Wildman–Crippen LogP) is 1.02. The van der Waals surface area contributed by atoms with E-state index in [1.54, 1.807) is 11.8 Å². The van der Waals surface area contributed by atoms with E-state index < -0.39 is 0 Å². The monoisotopic (exact) mass is 211 g/mol. The second kappa shape index (κ2) is 5.67. The summed E-state index contributed by atoms with van der Waals surface area (Å²) in [5.41, 5.74) is 0. The topological polar surface area (TPSA) is 38.3 Å². The Morgan fingerprint density at radius 2 is 2.42 bits per heavy atom. The van der Waals surface area contributed by atoms with Crippen molar-refractivity contribution >= 4 is 30.1 Å². The maximum atomic E-state index is 11.2. The van der Waals surface area contributed by atoms with Crippen molar-refractivity contribution < 1.29 is 9.53 Å². The zero-order valence-electron chi connectivity index (χ0n) is 7.20. The number of esters is 1. The smallest absolute Gasteiger partial charge is 0.324 e. The second-order valence-corrected chi connectivity index (χ2v) is 3.82. The summed E-state index contributed by atoms with van der Waals surface area (Å²) in [7, 11) is 0. The zero-order chi connectivity index (χ0) is 8.27. The van der Waals surface area contributed by atoms with E-state index in [0.29, 0.717) is 11.9 Å². The Morgan fingerprint density at radius 3 is 2.83 bits per heavy atom. The number of hydrogen-bond acceptors (Lipinski definition) is 4. The van der Waals surface area contributed by atoms with Gasteiger partial charge in [-0.15, -0.1) is 24.2 Å². The van der Waals surface area contributed by atoms with E-state index in [4.69, 9.17) is 4.74 Å². The summed E-state index contributed by atoms with van der Waals surface area (Å²) < 4.78 is 4.88. The van der Waals surface area contributed by atoms with E-state index in [9.17, 15) is 4.79 Å². The third kappa shape index (κ3) is 2.84. The van der Waals surface area contributed by atoms with Crippen LogP contribution in [0.15, 0.2) is 0 Å². The van der Waals surface area contributed by atoms with E-state index in [1.165, 1.54) is 0 Å². The highest BCUT2D eigenvalue weighted by molar-refractivity contribution is 8.00. The molecule has 0 radical (unpaired) electrons. The molecule has 3 nitrogen and oxygen atoms in total. The molecule has 72 valence electrons. The minimum atomic E-state index is -0.120. The van der Waals surface area contributed by atoms with Crippen LogP contribution in [0.25, 0.3) is 0 Å². The fourth-order valence-electron chi connectivity index (χ4n) is 1.04. The summed E-state index contributed by atoms with van der Waals surface area (Å²) in [5, 5.41) is 3.42. The van der Waals surface area contributed by atoms with Gasteiger partial charge in [0.25, 0.3) is 0 Å². The Morgan fingerprint density at radius 1 is 1.75 bits per heavy atom. The minimum Gasteiger partial charge on any atom is -0.465 e. The molecule has 5 heteroatoms. The lowest BCUT2D eigenvalue weighted by atomic mass is 10.2. The summed E-state index contributed by atoms with van der Waals surface area (Å²) in [6, 6.07) is -0.0973. The minimum absolute atomic E-state index is 0. The van der Waals surface area contributed by atoms with Crippen molar-refractivity contribution in [1.82, 2.24) is 5.32 Å². The predicted molar refractivity (Wildman–Crippen MR) is 52.7 cm³/mol. The normalized spacial score (nSPS) is 27.8. The Bertz CT molecular complexity index is 156. The van der Waals surface area contributed by atoms with Crippen molar-refractivity contribution in [3.63, 3.8) is 0 Å². The van der Waals surface area contributed by atoms with E-state index in [1.807, 2.05) is 13.8 Å². The van der Waals surface area contributed by atoms with Gasteiger partial charge in [-0.1, -0.05) is 6.92 Å². The summed E-state index contributed by atoms with van der Waals surface area (Å²) in [4.78, 5) is 11.2. The van der Waals surface area contributed by atoms with Crippen LogP contribution in [0.3, 0.4) is 0 Å². The van der Waals surface area contributed by atoms with Gasteiger partial charge in [0, 0.05) is 11.1 Å². The van der Waals surface area contributed by atoms with Gasteiger partial charge >= 0.3 is 5.97 Å². The molecule has 2 atom stereocenters. The van der Waals surface area contributed by atoms with Gasteiger partial charge in [0.1, 0.15) is 6.04 Å². The van der Waals surface area contributed by atoms with Gasteiger partial charge in [-0.2, -0.15) is 0 Å². The van der Waals surface area contributed by atoms with Gasteiger partial charge in [0.05, 0.1) is 6.61 Å². The van der Waals surface area contributed by atoms with E-state index in [2.05, 4.69) is 5.32 Å². The molecular weight excluding hydrogens is 198 g/mol. The molecule has 0 aromatic rings. The van der Waals surface area contributed by atoms with Gasteiger partial charge in [-0.25, -0.2) is 0 Å². The summed E-state index contributed by atoms with van der Waals surface area (Å²) >= 11 is 1.75. The second-order valence-electron chi connectivity index (χ2n) is 2.45. The number of rotatable bonds is 2. The van der Waals surface area contributed by atoms with Crippen LogP contribution in [-0.4, -0.2) is 29.7 Å². The van der Waals surface area contributed by atoms with Crippen LogP contribution in [0.5, 0.6) is 0 Å². The number of nitrogens with one attached hydrogen (secondary N) is 1. The molecule has 0 unspecified atom stereocenters. The van der Waals surface area contributed by atoms with Crippen molar-refractivity contribution in [2.75, 3.05) is 12.5 Å². The number of carbonyl (C=O) groups excluding carboxylic acids is 1. The van der Waals surface area contributed by atoms with Crippen LogP contribution in [0.1, 0.15) is 13.8 Å². The molecule has 0 bridgehead atoms. The number of carbonyl (C=O) groups is 1. The zero-order valence-corrected chi connectivity index (χ0v) is 8.83. The fraction of sp³-hybridized carbons (Fsp3) is 0.857. The van der Waals surface area contributed by atoms with Crippen LogP contribution in [-0.2, 0) is 9.53 Å². The van der Waals surface area contributed by atoms with Gasteiger partial charge in [0.15, 0.2) is 0 Å². The molecule has 1 aliphatic rings. The molecule has 0 saturated carbocycles. The quantitative estimate of drug-likeness (QED) is 0.693. The van der Waals surface area contributed by atoms with Gasteiger partial charge in [-0.05, 0) is 6.92 Å². The molecule has 1 aliphatic heterocycles. The Hall–Kier alpha value is 0.0700. The molecule has 1 fully saturated rings. The van der Waals surface area contributed by atoms with Gasteiger partial charge < -0.3 is 4.74 Å². The highest BCUT2D eigenvalue weighted by Gasteiger charge is 2.30. The van der Waals surface area contributed by atoms with Gasteiger partial charge in [-0.3, -0.25) is 10.1 Å². The average Bonchev–Trinajstić information content (AvgIpc) is 2.36. The molecule has 12 heavy (non-hydrogen) atoms. The molecule has 0 aromatic heterocycles. The van der Waals surface area contributed by atoms with Crippen LogP contribution in [0.4, 0.5) is 0 Å². The molecule has 1 N–H and O–H groups in total. The van der Waals surface area contributed by atoms with Crippen molar-refractivity contribution in [2.45, 2.75) is 25.1 Å². The number of ether oxygens (including phenoxy) is 1. The lowest BCUT2D eigenvalue weighted by Gasteiger charge is -2.12. The number of hydrogen-bond donors (Lipinski definition) is 1. The van der Waals surface area contributed by atoms with Crippen molar-refractivity contribution in [1.29, 1.82) is 0 Å². The number of thioether (sulfide) groups is 1. The fourth-order valence-corrected chi connectivity index (χ4v) is 1.98. The first-order valence-corrected chi connectivity index (χ1v) is 4.82. The summed E-state index contributed by atoms with van der Waals surface area (Å²) in [6.45, 7) is 4.32. The first kappa shape index (κ1) is 12.1. The highest BCUT2D eigenvalue weighted by atomic mass is 35.5. The summed E-state index contributed by atoms with van der Waals surface area (Å²) in [6.07, 6.45) is 0. The number of halogens is 1. The molecule has 1 saturated heterocycles. The lowest BCUT2D eigenvalue weighted by Crippen LogP contribution is -2.38. The Labute approximate surface area is 83.0 Å². The maximum Gasteiger partial charge on any atom is 0.324 e. The molecule has 0 aliphatic carbocycles. The molecule has 0 aromatic carbocycles. The third-order valence-electron chi connectivity index (χ3n) is 1.66. The van der Waals surface area contributed by atoms with E-state index >= 15 is 0 Å². The maximum absolute atomic E-state index is 11.2. The van der Waals surface area contributed by atoms with Crippen LogP contribution >= 0.6 is 24.2 Å². The Balaban J connectivity index is 0.00000121. The molecule has 0 amide bonds. The van der Waals surface area contributed by atoms with Crippen molar-refractivity contribution in [3.8, 4) is 0 Å². The van der Waals surface area contributed by atoms with Crippen molar-refractivity contribution in [2.24, 2.45) is 0 Å². The molecule has 1 heterocycles. The first-order valence-electron chi connectivity index (χ1n) is 3.77. The molecular formula is C7H14ClNO2S. The van der Waals surface area contributed by atoms with Crippen LogP contribution in [0.2, 0.25) is 0 Å².